The summed E-state index contributed by atoms with van der Waals surface area (Å²) in [5.74, 6) is 1.71. The first-order valence-corrected chi connectivity index (χ1v) is 5.02. The molecule has 1 aromatic carbocycles. The van der Waals surface area contributed by atoms with Gasteiger partial charge in [-0.1, -0.05) is 18.2 Å². The average molecular weight is 214 g/mol. The number of rotatable bonds is 1. The molecular weight excluding hydrogens is 204 g/mol. The summed E-state index contributed by atoms with van der Waals surface area (Å²) in [7, 11) is 0. The third kappa shape index (κ3) is 1.46. The van der Waals surface area contributed by atoms with Crippen molar-refractivity contribution in [3.05, 3.63) is 42.0 Å². The number of hydrogen-bond acceptors (Lipinski definition) is 5. The molecule has 0 radical (unpaired) electrons. The Balaban J connectivity index is 1.91. The molecule has 80 valence electrons. The molecule has 0 saturated carbocycles. The van der Waals surface area contributed by atoms with Crippen LogP contribution in [-0.4, -0.2) is 15.0 Å². The summed E-state index contributed by atoms with van der Waals surface area (Å²) in [5, 5.41) is 0. The molecule has 1 aromatic heterocycles. The Morgan fingerprint density at radius 3 is 2.94 bits per heavy atom. The maximum atomic E-state index is 5.74. The molecule has 2 aromatic rings. The fraction of sp³-hybridized carbons (Fsp3) is 0.182. The second-order valence-corrected chi connectivity index (χ2v) is 3.62. The van der Waals surface area contributed by atoms with Gasteiger partial charge in [-0.15, -0.1) is 0 Å². The van der Waals surface area contributed by atoms with Crippen LogP contribution in [0.4, 0.5) is 5.95 Å². The quantitative estimate of drug-likeness (QED) is 0.770. The van der Waals surface area contributed by atoms with Crippen LogP contribution in [0.15, 0.2) is 30.6 Å². The third-order valence-corrected chi connectivity index (χ3v) is 2.54. The maximum absolute atomic E-state index is 5.74. The van der Waals surface area contributed by atoms with Crippen molar-refractivity contribution < 1.29 is 4.74 Å². The molecular formula is C11H10N4O. The number of para-hydroxylation sites is 1. The van der Waals surface area contributed by atoms with Gasteiger partial charge in [-0.3, -0.25) is 0 Å². The van der Waals surface area contributed by atoms with E-state index in [4.69, 9.17) is 10.5 Å². The van der Waals surface area contributed by atoms with Gasteiger partial charge in [0.15, 0.2) is 11.9 Å². The van der Waals surface area contributed by atoms with E-state index in [9.17, 15) is 0 Å². The monoisotopic (exact) mass is 214 g/mol. The van der Waals surface area contributed by atoms with E-state index in [-0.39, 0.29) is 12.1 Å². The molecule has 1 aliphatic heterocycles. The average Bonchev–Trinajstić information content (AvgIpc) is 2.72. The summed E-state index contributed by atoms with van der Waals surface area (Å²) < 4.78 is 5.74. The Morgan fingerprint density at radius 1 is 1.25 bits per heavy atom. The van der Waals surface area contributed by atoms with Gasteiger partial charge in [-0.05, 0) is 11.6 Å². The predicted octanol–water partition coefficient (Wildman–Crippen LogP) is 1.13. The smallest absolute Gasteiger partial charge is 0.223 e. The van der Waals surface area contributed by atoms with Crippen LogP contribution in [0.5, 0.6) is 5.75 Å². The Kier molecular flexibility index (Phi) is 1.96. The molecule has 1 unspecified atom stereocenters. The molecule has 1 atom stereocenters. The standard InChI is InChI=1S/C11H10N4O/c12-11-14-6-13-10(15-11)9-5-7-3-1-2-4-8(7)16-9/h1-4,6,9H,5H2,(H2,12,13,14,15). The van der Waals surface area contributed by atoms with Gasteiger partial charge in [0.1, 0.15) is 12.1 Å². The van der Waals surface area contributed by atoms with E-state index in [0.717, 1.165) is 12.2 Å². The Labute approximate surface area is 92.3 Å². The highest BCUT2D eigenvalue weighted by Gasteiger charge is 2.26. The summed E-state index contributed by atoms with van der Waals surface area (Å²) in [6, 6.07) is 7.93. The first-order chi connectivity index (χ1) is 7.83. The van der Waals surface area contributed by atoms with E-state index in [0.29, 0.717) is 5.82 Å². The Bertz CT molecular complexity index is 504. The second kappa shape index (κ2) is 3.44. The fourth-order valence-electron chi connectivity index (χ4n) is 1.80. The lowest BCUT2D eigenvalue weighted by molar-refractivity contribution is 0.227. The van der Waals surface area contributed by atoms with E-state index in [1.165, 1.54) is 11.9 Å². The fourth-order valence-corrected chi connectivity index (χ4v) is 1.80. The van der Waals surface area contributed by atoms with Crippen LogP contribution in [0.2, 0.25) is 0 Å². The van der Waals surface area contributed by atoms with Gasteiger partial charge < -0.3 is 10.5 Å². The van der Waals surface area contributed by atoms with Crippen LogP contribution in [0.1, 0.15) is 17.5 Å². The number of benzene rings is 1. The van der Waals surface area contributed by atoms with Crippen molar-refractivity contribution in [1.82, 2.24) is 15.0 Å². The van der Waals surface area contributed by atoms with E-state index >= 15 is 0 Å². The third-order valence-electron chi connectivity index (χ3n) is 2.54. The van der Waals surface area contributed by atoms with Crippen LogP contribution in [0, 0.1) is 0 Å². The first kappa shape index (κ1) is 9.08. The van der Waals surface area contributed by atoms with Gasteiger partial charge in [-0.25, -0.2) is 9.97 Å². The maximum Gasteiger partial charge on any atom is 0.223 e. The molecule has 0 saturated heterocycles. The van der Waals surface area contributed by atoms with Gasteiger partial charge in [0, 0.05) is 6.42 Å². The van der Waals surface area contributed by atoms with Crippen LogP contribution >= 0.6 is 0 Å². The van der Waals surface area contributed by atoms with Crippen molar-refractivity contribution in [2.24, 2.45) is 0 Å². The van der Waals surface area contributed by atoms with Crippen LogP contribution in [-0.2, 0) is 6.42 Å². The summed E-state index contributed by atoms with van der Waals surface area (Å²) in [6.45, 7) is 0. The minimum atomic E-state index is -0.150. The molecule has 0 bridgehead atoms. The molecule has 2 heterocycles. The highest BCUT2D eigenvalue weighted by molar-refractivity contribution is 5.38. The molecule has 0 fully saturated rings. The number of aromatic nitrogens is 3. The lowest BCUT2D eigenvalue weighted by Crippen LogP contribution is -2.10. The molecule has 5 nitrogen and oxygen atoms in total. The van der Waals surface area contributed by atoms with Crippen LogP contribution < -0.4 is 10.5 Å². The number of nitrogens with zero attached hydrogens (tertiary/aromatic N) is 3. The molecule has 0 amide bonds. The minimum absolute atomic E-state index is 0.150. The van der Waals surface area contributed by atoms with Crippen LogP contribution in [0.25, 0.3) is 0 Å². The van der Waals surface area contributed by atoms with Gasteiger partial charge in [0.25, 0.3) is 0 Å². The summed E-state index contributed by atoms with van der Waals surface area (Å²) in [5.41, 5.74) is 6.69. The number of nitrogens with two attached hydrogens (primary N) is 1. The van der Waals surface area contributed by atoms with Gasteiger partial charge in [0.05, 0.1) is 0 Å². The number of ether oxygens (including phenoxy) is 1. The highest BCUT2D eigenvalue weighted by Crippen LogP contribution is 2.34. The van der Waals surface area contributed by atoms with Crippen molar-refractivity contribution in [3.63, 3.8) is 0 Å². The topological polar surface area (TPSA) is 73.9 Å². The highest BCUT2D eigenvalue weighted by atomic mass is 16.5. The first-order valence-electron chi connectivity index (χ1n) is 5.02. The lowest BCUT2D eigenvalue weighted by atomic mass is 10.1. The summed E-state index contributed by atoms with van der Waals surface area (Å²) >= 11 is 0. The number of hydrogen-bond donors (Lipinski definition) is 1. The van der Waals surface area contributed by atoms with Crippen molar-refractivity contribution >= 4 is 5.95 Å². The lowest BCUT2D eigenvalue weighted by Gasteiger charge is -2.08. The molecule has 3 rings (SSSR count). The molecule has 5 heteroatoms. The van der Waals surface area contributed by atoms with Gasteiger partial charge in [-0.2, -0.15) is 4.98 Å². The molecule has 1 aliphatic rings. The van der Waals surface area contributed by atoms with Crippen molar-refractivity contribution in [1.29, 1.82) is 0 Å². The molecule has 0 spiro atoms. The van der Waals surface area contributed by atoms with Gasteiger partial charge in [0.2, 0.25) is 5.95 Å². The van der Waals surface area contributed by atoms with Crippen molar-refractivity contribution in [2.45, 2.75) is 12.5 Å². The molecule has 16 heavy (non-hydrogen) atoms. The predicted molar refractivity (Wildman–Crippen MR) is 57.8 cm³/mol. The van der Waals surface area contributed by atoms with E-state index in [2.05, 4.69) is 15.0 Å². The second-order valence-electron chi connectivity index (χ2n) is 3.62. The zero-order valence-corrected chi connectivity index (χ0v) is 8.50. The van der Waals surface area contributed by atoms with E-state index in [1.54, 1.807) is 0 Å². The summed E-state index contributed by atoms with van der Waals surface area (Å²) in [4.78, 5) is 11.9. The zero-order valence-electron chi connectivity index (χ0n) is 8.50. The SMILES string of the molecule is Nc1ncnc(C2Cc3ccccc3O2)n1. The number of nitrogen functional groups attached to an aromatic ring is 1. The number of anilines is 1. The van der Waals surface area contributed by atoms with Gasteiger partial charge >= 0.3 is 0 Å². The van der Waals surface area contributed by atoms with E-state index < -0.39 is 0 Å². The Hall–Kier alpha value is -2.17. The normalized spacial score (nSPS) is 17.9. The largest absolute Gasteiger partial charge is 0.482 e. The minimum Gasteiger partial charge on any atom is -0.482 e. The summed E-state index contributed by atoms with van der Waals surface area (Å²) in [6.07, 6.45) is 2.03. The Morgan fingerprint density at radius 2 is 2.12 bits per heavy atom. The van der Waals surface area contributed by atoms with Crippen molar-refractivity contribution in [3.8, 4) is 5.75 Å². The molecule has 2 N–H and O–H groups in total. The van der Waals surface area contributed by atoms with E-state index in [1.807, 2.05) is 24.3 Å². The number of fused-ring (bicyclic) bond motifs is 1. The van der Waals surface area contributed by atoms with Crippen molar-refractivity contribution in [2.75, 3.05) is 5.73 Å². The molecule has 0 aliphatic carbocycles. The zero-order chi connectivity index (χ0) is 11.0. The van der Waals surface area contributed by atoms with Crippen LogP contribution in [0.3, 0.4) is 0 Å².